The minimum Gasteiger partial charge on any atom is -0.497 e. The number of carboxylic acid groups (broad SMARTS) is 1. The first-order valence-corrected chi connectivity index (χ1v) is 5.75. The molecule has 2 rings (SSSR count). The highest BCUT2D eigenvalue weighted by Gasteiger charge is 2.48. The molecule has 96 valence electrons. The quantitative estimate of drug-likeness (QED) is 0.817. The molecule has 0 saturated heterocycles. The van der Waals surface area contributed by atoms with E-state index in [1.54, 1.807) is 7.11 Å². The molecule has 1 fully saturated rings. The fraction of sp³-hybridized carbons (Fsp3) is 0.385. The Morgan fingerprint density at radius 1 is 1.44 bits per heavy atom. The molecular weight excluding hydrogens is 234 g/mol. The predicted molar refractivity (Wildman–Crippen MR) is 64.1 cm³/mol. The second-order valence-electron chi connectivity index (χ2n) is 4.36. The van der Waals surface area contributed by atoms with Crippen LogP contribution in [0, 0.1) is 11.8 Å². The van der Waals surface area contributed by atoms with Crippen molar-refractivity contribution in [3.8, 4) is 5.75 Å². The fourth-order valence-electron chi connectivity index (χ4n) is 1.86. The second kappa shape index (κ2) is 5.08. The summed E-state index contributed by atoms with van der Waals surface area (Å²) in [6, 6.07) is 7.39. The molecule has 0 spiro atoms. The van der Waals surface area contributed by atoms with Gasteiger partial charge >= 0.3 is 5.97 Å². The first kappa shape index (κ1) is 12.4. The number of benzene rings is 1. The molecule has 0 radical (unpaired) electrons. The maximum atomic E-state index is 11.6. The van der Waals surface area contributed by atoms with E-state index < -0.39 is 11.9 Å². The lowest BCUT2D eigenvalue weighted by Crippen LogP contribution is -2.25. The van der Waals surface area contributed by atoms with E-state index in [4.69, 9.17) is 9.84 Å². The Labute approximate surface area is 105 Å². The number of hydrogen-bond acceptors (Lipinski definition) is 3. The molecule has 0 aromatic heterocycles. The van der Waals surface area contributed by atoms with Crippen LogP contribution in [0.15, 0.2) is 24.3 Å². The molecule has 0 bridgehead atoms. The summed E-state index contributed by atoms with van der Waals surface area (Å²) in [5, 5.41) is 11.5. The number of rotatable bonds is 5. The van der Waals surface area contributed by atoms with Gasteiger partial charge in [-0.2, -0.15) is 0 Å². The number of aliphatic carboxylic acids is 1. The van der Waals surface area contributed by atoms with Crippen molar-refractivity contribution in [1.29, 1.82) is 0 Å². The summed E-state index contributed by atoms with van der Waals surface area (Å²) in [4.78, 5) is 22.3. The van der Waals surface area contributed by atoms with Crippen molar-refractivity contribution in [2.45, 2.75) is 13.0 Å². The molecule has 2 N–H and O–H groups in total. The average molecular weight is 249 g/mol. The number of ether oxygens (including phenoxy) is 1. The van der Waals surface area contributed by atoms with Gasteiger partial charge in [-0.15, -0.1) is 0 Å². The third kappa shape index (κ3) is 2.80. The Morgan fingerprint density at radius 3 is 2.83 bits per heavy atom. The summed E-state index contributed by atoms with van der Waals surface area (Å²) in [6.07, 6.45) is 0.444. The van der Waals surface area contributed by atoms with Crippen molar-refractivity contribution < 1.29 is 19.4 Å². The maximum absolute atomic E-state index is 11.6. The monoisotopic (exact) mass is 249 g/mol. The molecule has 1 amide bonds. The summed E-state index contributed by atoms with van der Waals surface area (Å²) < 4.78 is 5.08. The van der Waals surface area contributed by atoms with Gasteiger partial charge in [0.25, 0.3) is 0 Å². The summed E-state index contributed by atoms with van der Waals surface area (Å²) >= 11 is 0. The number of hydrogen-bond donors (Lipinski definition) is 2. The SMILES string of the molecule is COc1cccc(CNC(=O)[C@@H]2C[C@@H]2C(=O)O)c1. The second-order valence-corrected chi connectivity index (χ2v) is 4.36. The molecule has 0 aliphatic heterocycles. The number of carbonyl (C=O) groups is 2. The average Bonchev–Trinajstić information content (AvgIpc) is 3.16. The standard InChI is InChI=1S/C13H15NO4/c1-18-9-4-2-3-8(5-9)7-14-12(15)10-6-11(10)13(16)17/h2-5,10-11H,6-7H2,1H3,(H,14,15)(H,16,17)/t10-,11+/m1/s1. The van der Waals surface area contributed by atoms with Crippen LogP contribution in [0.5, 0.6) is 5.75 Å². The van der Waals surface area contributed by atoms with Crippen molar-refractivity contribution in [1.82, 2.24) is 5.32 Å². The largest absolute Gasteiger partial charge is 0.497 e. The lowest BCUT2D eigenvalue weighted by atomic mass is 10.2. The smallest absolute Gasteiger partial charge is 0.307 e. The van der Waals surface area contributed by atoms with E-state index in [-0.39, 0.29) is 11.8 Å². The van der Waals surface area contributed by atoms with Gasteiger partial charge in [-0.05, 0) is 24.1 Å². The van der Waals surface area contributed by atoms with Crippen molar-refractivity contribution in [3.05, 3.63) is 29.8 Å². The van der Waals surface area contributed by atoms with E-state index >= 15 is 0 Å². The first-order chi connectivity index (χ1) is 8.61. The van der Waals surface area contributed by atoms with Gasteiger partial charge in [0.05, 0.1) is 18.9 Å². The molecule has 1 aliphatic carbocycles. The molecule has 0 heterocycles. The van der Waals surface area contributed by atoms with Gasteiger partial charge in [0.1, 0.15) is 5.75 Å². The van der Waals surface area contributed by atoms with E-state index in [1.807, 2.05) is 24.3 Å². The van der Waals surface area contributed by atoms with Crippen molar-refractivity contribution >= 4 is 11.9 Å². The molecule has 5 heteroatoms. The van der Waals surface area contributed by atoms with E-state index in [0.29, 0.717) is 13.0 Å². The number of carboxylic acids is 1. The Balaban J connectivity index is 1.84. The molecule has 0 unspecified atom stereocenters. The van der Waals surface area contributed by atoms with Gasteiger partial charge < -0.3 is 15.2 Å². The molecule has 1 aromatic rings. The number of amides is 1. The Hall–Kier alpha value is -2.04. The van der Waals surface area contributed by atoms with E-state index in [9.17, 15) is 9.59 Å². The van der Waals surface area contributed by atoms with Crippen molar-refractivity contribution in [3.63, 3.8) is 0 Å². The molecular formula is C13H15NO4. The lowest BCUT2D eigenvalue weighted by Gasteiger charge is -2.06. The van der Waals surface area contributed by atoms with E-state index in [0.717, 1.165) is 11.3 Å². The van der Waals surface area contributed by atoms with Crippen LogP contribution in [-0.4, -0.2) is 24.1 Å². The first-order valence-electron chi connectivity index (χ1n) is 5.75. The predicted octanol–water partition coefficient (Wildman–Crippen LogP) is 1.03. The molecule has 5 nitrogen and oxygen atoms in total. The van der Waals surface area contributed by atoms with Gasteiger partial charge in [0, 0.05) is 6.54 Å². The molecule has 2 atom stereocenters. The molecule has 18 heavy (non-hydrogen) atoms. The number of carbonyl (C=O) groups excluding carboxylic acids is 1. The molecule has 1 aliphatic rings. The summed E-state index contributed by atoms with van der Waals surface area (Å²) in [6.45, 7) is 0.388. The van der Waals surface area contributed by atoms with Crippen LogP contribution < -0.4 is 10.1 Å². The highest BCUT2D eigenvalue weighted by molar-refractivity contribution is 5.89. The van der Waals surface area contributed by atoms with Crippen LogP contribution in [0.2, 0.25) is 0 Å². The van der Waals surface area contributed by atoms with Gasteiger partial charge in [0.15, 0.2) is 0 Å². The maximum Gasteiger partial charge on any atom is 0.307 e. The minimum atomic E-state index is -0.892. The third-order valence-electron chi connectivity index (χ3n) is 3.05. The van der Waals surface area contributed by atoms with Crippen LogP contribution in [0.1, 0.15) is 12.0 Å². The van der Waals surface area contributed by atoms with Crippen LogP contribution >= 0.6 is 0 Å². The van der Waals surface area contributed by atoms with Gasteiger partial charge in [-0.1, -0.05) is 12.1 Å². The minimum absolute atomic E-state index is 0.190. The third-order valence-corrected chi connectivity index (χ3v) is 3.05. The van der Waals surface area contributed by atoms with Gasteiger partial charge in [-0.3, -0.25) is 9.59 Å². The van der Waals surface area contributed by atoms with Crippen molar-refractivity contribution in [2.75, 3.05) is 7.11 Å². The Kier molecular flexibility index (Phi) is 3.50. The summed E-state index contributed by atoms with van der Waals surface area (Å²) in [5.41, 5.74) is 0.926. The van der Waals surface area contributed by atoms with Gasteiger partial charge in [-0.25, -0.2) is 0 Å². The summed E-state index contributed by atoms with van der Waals surface area (Å²) in [7, 11) is 1.58. The van der Waals surface area contributed by atoms with E-state index in [2.05, 4.69) is 5.32 Å². The lowest BCUT2D eigenvalue weighted by molar-refractivity contribution is -0.140. The Morgan fingerprint density at radius 2 is 2.22 bits per heavy atom. The normalized spacial score (nSPS) is 21.2. The van der Waals surface area contributed by atoms with Crippen LogP contribution in [0.4, 0.5) is 0 Å². The highest BCUT2D eigenvalue weighted by atomic mass is 16.5. The van der Waals surface area contributed by atoms with E-state index in [1.165, 1.54) is 0 Å². The fourth-order valence-corrected chi connectivity index (χ4v) is 1.86. The zero-order valence-corrected chi connectivity index (χ0v) is 10.1. The molecule has 1 saturated carbocycles. The highest BCUT2D eigenvalue weighted by Crippen LogP contribution is 2.38. The molecule has 1 aromatic carbocycles. The van der Waals surface area contributed by atoms with Crippen LogP contribution in [-0.2, 0) is 16.1 Å². The topological polar surface area (TPSA) is 75.6 Å². The van der Waals surface area contributed by atoms with Gasteiger partial charge in [0.2, 0.25) is 5.91 Å². The number of methoxy groups -OCH3 is 1. The summed E-state index contributed by atoms with van der Waals surface area (Å²) in [5.74, 6) is -1.22. The Bertz CT molecular complexity index is 472. The van der Waals surface area contributed by atoms with Crippen LogP contribution in [0.25, 0.3) is 0 Å². The number of nitrogens with one attached hydrogen (secondary N) is 1. The van der Waals surface area contributed by atoms with Crippen LogP contribution in [0.3, 0.4) is 0 Å². The van der Waals surface area contributed by atoms with Crippen molar-refractivity contribution in [2.24, 2.45) is 11.8 Å². The zero-order chi connectivity index (χ0) is 13.1. The zero-order valence-electron chi connectivity index (χ0n) is 10.1.